The molecule has 1 heterocycles. The summed E-state index contributed by atoms with van der Waals surface area (Å²) >= 11 is 0. The number of epoxide rings is 1. The third-order valence-corrected chi connectivity index (χ3v) is 9.21. The molecule has 0 radical (unpaired) electrons. The largest absolute Gasteiger partial charge is 0.458 e. The van der Waals surface area contributed by atoms with E-state index in [1.165, 1.54) is 12.5 Å². The highest BCUT2D eigenvalue weighted by molar-refractivity contribution is 5.94. The van der Waals surface area contributed by atoms with Gasteiger partial charge in [0.25, 0.3) is 0 Å². The number of hydrogen-bond donors (Lipinski definition) is 0. The molecule has 1 aliphatic heterocycles. The van der Waals surface area contributed by atoms with E-state index in [0.717, 1.165) is 38.5 Å². The average molecular weight is 386 g/mol. The summed E-state index contributed by atoms with van der Waals surface area (Å²) < 4.78 is 11.1. The fourth-order valence-corrected chi connectivity index (χ4v) is 7.75. The summed E-state index contributed by atoms with van der Waals surface area (Å²) in [7, 11) is 0. The van der Waals surface area contributed by atoms with Crippen molar-refractivity contribution in [2.45, 2.75) is 77.4 Å². The minimum atomic E-state index is -0.738. The van der Waals surface area contributed by atoms with Gasteiger partial charge in [-0.25, -0.2) is 0 Å². The van der Waals surface area contributed by atoms with Gasteiger partial charge in [0.1, 0.15) is 0 Å². The molecule has 7 atom stereocenters. The van der Waals surface area contributed by atoms with Gasteiger partial charge in [0, 0.05) is 18.8 Å². The van der Waals surface area contributed by atoms with Crippen molar-refractivity contribution in [3.8, 4) is 0 Å². The van der Waals surface area contributed by atoms with E-state index in [4.69, 9.17) is 9.47 Å². The highest BCUT2D eigenvalue weighted by atomic mass is 16.6. The summed E-state index contributed by atoms with van der Waals surface area (Å²) in [5.41, 5.74) is 0.602. The number of Topliss-reactive ketones (excluding diaryl/α,β-unsaturated/α-hetero) is 1. The van der Waals surface area contributed by atoms with Crippen molar-refractivity contribution >= 4 is 17.5 Å². The average Bonchev–Trinajstić information content (AvgIpc) is 3.32. The normalized spacial score (nSPS) is 48.5. The van der Waals surface area contributed by atoms with Gasteiger partial charge < -0.3 is 9.47 Å². The molecule has 5 nitrogen and oxygen atoms in total. The monoisotopic (exact) mass is 386 g/mol. The van der Waals surface area contributed by atoms with Crippen LogP contribution in [0.15, 0.2) is 11.6 Å². The molecule has 0 unspecified atom stereocenters. The van der Waals surface area contributed by atoms with Crippen LogP contribution >= 0.6 is 0 Å². The van der Waals surface area contributed by atoms with Gasteiger partial charge >= 0.3 is 5.97 Å². The molecule has 5 rings (SSSR count). The Bertz CT molecular complexity index is 799. The molecule has 0 aromatic carbocycles. The number of carbonyl (C=O) groups excluding carboxylic acids is 3. The van der Waals surface area contributed by atoms with Crippen molar-refractivity contribution in [2.24, 2.45) is 28.6 Å². The summed E-state index contributed by atoms with van der Waals surface area (Å²) in [5, 5.41) is 0. The molecule has 152 valence electrons. The van der Waals surface area contributed by atoms with Crippen LogP contribution < -0.4 is 0 Å². The van der Waals surface area contributed by atoms with E-state index in [-0.39, 0.29) is 35.1 Å². The number of esters is 1. The third kappa shape index (κ3) is 2.20. The number of ether oxygens (including phenoxy) is 2. The lowest BCUT2D eigenvalue weighted by atomic mass is 9.46. The number of allylic oxidation sites excluding steroid dienone is 1. The van der Waals surface area contributed by atoms with Gasteiger partial charge in [0.05, 0.1) is 6.10 Å². The second-order valence-electron chi connectivity index (χ2n) is 10.2. The van der Waals surface area contributed by atoms with Crippen molar-refractivity contribution in [1.29, 1.82) is 0 Å². The Balaban J connectivity index is 1.42. The van der Waals surface area contributed by atoms with Crippen molar-refractivity contribution < 1.29 is 23.9 Å². The molecular weight excluding hydrogens is 356 g/mol. The number of fused-ring (bicyclic) bond motifs is 7. The molecule has 4 fully saturated rings. The standard InChI is InChI=1S/C23H30O5/c1-13(24)27-12-19(26)23-20(28-23)11-18-16-5-4-14-10-15(25)6-8-21(14,2)17(16)7-9-22(18,23)3/h10,16-18,20H,4-9,11-12H2,1-3H3/t16-,17+,18+,20-,21+,22+,23-/m1/s1. The molecule has 3 saturated carbocycles. The summed E-state index contributed by atoms with van der Waals surface area (Å²) in [4.78, 5) is 36.2. The second kappa shape index (κ2) is 5.78. The van der Waals surface area contributed by atoms with Crippen molar-refractivity contribution in [1.82, 2.24) is 0 Å². The molecule has 28 heavy (non-hydrogen) atoms. The summed E-state index contributed by atoms with van der Waals surface area (Å²) in [5.74, 6) is 1.47. The van der Waals surface area contributed by atoms with Crippen LogP contribution in [0.2, 0.25) is 0 Å². The molecule has 5 aliphatic rings. The zero-order chi connectivity index (χ0) is 19.9. The smallest absolute Gasteiger partial charge is 0.303 e. The van der Waals surface area contributed by atoms with Crippen molar-refractivity contribution in [3.05, 3.63) is 11.6 Å². The van der Waals surface area contributed by atoms with Gasteiger partial charge in [-0.1, -0.05) is 19.4 Å². The Labute approximate surface area is 166 Å². The summed E-state index contributed by atoms with van der Waals surface area (Å²) in [6.45, 7) is 5.78. The minimum Gasteiger partial charge on any atom is -0.458 e. The van der Waals surface area contributed by atoms with Crippen LogP contribution in [0.1, 0.15) is 65.7 Å². The first-order valence-electron chi connectivity index (χ1n) is 10.8. The molecule has 0 N–H and O–H groups in total. The maximum absolute atomic E-state index is 13.0. The van der Waals surface area contributed by atoms with Gasteiger partial charge in [-0.2, -0.15) is 0 Å². The fourth-order valence-electron chi connectivity index (χ4n) is 7.75. The zero-order valence-electron chi connectivity index (χ0n) is 17.1. The van der Waals surface area contributed by atoms with Crippen molar-refractivity contribution in [2.75, 3.05) is 6.61 Å². The number of ketones is 2. The Hall–Kier alpha value is -1.49. The van der Waals surface area contributed by atoms with Crippen LogP contribution in [-0.4, -0.2) is 35.8 Å². The number of rotatable bonds is 3. The molecule has 0 amide bonds. The molecule has 0 spiro atoms. The number of carbonyl (C=O) groups is 3. The molecule has 1 saturated heterocycles. The summed E-state index contributed by atoms with van der Waals surface area (Å²) in [6.07, 6.45) is 8.68. The predicted octanol–water partition coefficient (Wildman–Crippen LogP) is 3.40. The Kier molecular flexibility index (Phi) is 3.82. The van der Waals surface area contributed by atoms with Crippen molar-refractivity contribution in [3.63, 3.8) is 0 Å². The maximum Gasteiger partial charge on any atom is 0.303 e. The van der Waals surface area contributed by atoms with E-state index in [2.05, 4.69) is 13.8 Å². The van der Waals surface area contributed by atoms with E-state index >= 15 is 0 Å². The molecule has 0 aromatic heterocycles. The number of hydrogen-bond acceptors (Lipinski definition) is 5. The van der Waals surface area contributed by atoms with Gasteiger partial charge in [-0.15, -0.1) is 0 Å². The van der Waals surface area contributed by atoms with E-state index in [9.17, 15) is 14.4 Å². The second-order valence-corrected chi connectivity index (χ2v) is 10.2. The molecular formula is C23H30O5. The van der Waals surface area contributed by atoms with E-state index < -0.39 is 11.6 Å². The fraction of sp³-hybridized carbons (Fsp3) is 0.783. The predicted molar refractivity (Wildman–Crippen MR) is 101 cm³/mol. The van der Waals surface area contributed by atoms with Crippen LogP contribution in [0.4, 0.5) is 0 Å². The van der Waals surface area contributed by atoms with Gasteiger partial charge in [-0.05, 0) is 67.8 Å². The van der Waals surface area contributed by atoms with Crippen LogP contribution in [-0.2, 0) is 23.9 Å². The third-order valence-electron chi connectivity index (χ3n) is 9.21. The van der Waals surface area contributed by atoms with Gasteiger partial charge in [0.2, 0.25) is 5.78 Å². The first-order valence-corrected chi connectivity index (χ1v) is 10.8. The van der Waals surface area contributed by atoms with Crippen LogP contribution in [0.25, 0.3) is 0 Å². The SMILES string of the molecule is CC(=O)OCC(=O)[C@@]12O[C@@H]1C[C@H]1[C@@H]3CCC4=CC(=O)CC[C@]4(C)[C@H]3CC[C@@]12C. The summed E-state index contributed by atoms with van der Waals surface area (Å²) in [6, 6.07) is 0. The molecule has 4 aliphatic carbocycles. The first kappa shape index (κ1) is 18.5. The molecule has 0 bridgehead atoms. The van der Waals surface area contributed by atoms with Gasteiger partial charge in [0.15, 0.2) is 18.0 Å². The lowest BCUT2D eigenvalue weighted by Crippen LogP contribution is -2.55. The highest BCUT2D eigenvalue weighted by Gasteiger charge is 2.80. The van der Waals surface area contributed by atoms with Crippen LogP contribution in [0.3, 0.4) is 0 Å². The van der Waals surface area contributed by atoms with Crippen LogP contribution in [0, 0.1) is 28.6 Å². The van der Waals surface area contributed by atoms with Gasteiger partial charge in [-0.3, -0.25) is 14.4 Å². The molecule has 0 aromatic rings. The van der Waals surface area contributed by atoms with Crippen LogP contribution in [0.5, 0.6) is 0 Å². The molecule has 5 heteroatoms. The minimum absolute atomic E-state index is 0.0120. The topological polar surface area (TPSA) is 73.0 Å². The quantitative estimate of drug-likeness (QED) is 0.549. The Morgan fingerprint density at radius 1 is 1.18 bits per heavy atom. The lowest BCUT2D eigenvalue weighted by molar-refractivity contribution is -0.152. The first-order chi connectivity index (χ1) is 13.2. The highest BCUT2D eigenvalue weighted by Crippen LogP contribution is 2.73. The lowest BCUT2D eigenvalue weighted by Gasteiger charge is -2.58. The Morgan fingerprint density at radius 2 is 1.96 bits per heavy atom. The maximum atomic E-state index is 13.0. The Morgan fingerprint density at radius 3 is 2.71 bits per heavy atom. The zero-order valence-corrected chi connectivity index (χ0v) is 17.1. The van der Waals surface area contributed by atoms with E-state index in [0.29, 0.717) is 24.2 Å². The van der Waals surface area contributed by atoms with E-state index in [1.807, 2.05) is 6.08 Å². The van der Waals surface area contributed by atoms with E-state index in [1.54, 1.807) is 0 Å².